The molecule has 2 atom stereocenters. The summed E-state index contributed by atoms with van der Waals surface area (Å²) in [6, 6.07) is 3.78. The third kappa shape index (κ3) is 5.01. The van der Waals surface area contributed by atoms with Gasteiger partial charge < -0.3 is 9.47 Å². The van der Waals surface area contributed by atoms with E-state index >= 15 is 0 Å². The molecule has 8 rings (SSSR count). The van der Waals surface area contributed by atoms with Gasteiger partial charge in [-0.3, -0.25) is 29.0 Å². The topological polar surface area (TPSA) is 191 Å². The number of rotatable bonds is 2. The first-order valence-electron chi connectivity index (χ1n) is 16.8. The molecule has 0 radical (unpaired) electrons. The second kappa shape index (κ2) is 11.7. The van der Waals surface area contributed by atoms with Crippen molar-refractivity contribution in [2.75, 3.05) is 14.1 Å². The van der Waals surface area contributed by atoms with E-state index in [4.69, 9.17) is 19.4 Å². The Labute approximate surface area is 317 Å². The first-order valence-corrected chi connectivity index (χ1v) is 18.4. The van der Waals surface area contributed by atoms with Crippen molar-refractivity contribution in [3.05, 3.63) is 79.3 Å². The van der Waals surface area contributed by atoms with Crippen LogP contribution in [-0.4, -0.2) is 68.9 Å². The monoisotopic (exact) mass is 758 g/mol. The molecule has 14 nitrogen and oxygen atoms in total. The highest BCUT2D eigenvalue weighted by Gasteiger charge is 2.45. The fourth-order valence-electron chi connectivity index (χ4n) is 7.15. The van der Waals surface area contributed by atoms with Gasteiger partial charge in [-0.05, 0) is 53.7 Å². The highest BCUT2D eigenvalue weighted by atomic mass is 32.1. The Balaban J connectivity index is 1.17. The van der Waals surface area contributed by atoms with Crippen LogP contribution in [0.3, 0.4) is 0 Å². The third-order valence-corrected chi connectivity index (χ3v) is 12.1. The zero-order chi connectivity index (χ0) is 38.8. The van der Waals surface area contributed by atoms with Crippen molar-refractivity contribution in [2.24, 2.45) is 21.8 Å². The fraction of sp³-hybridized carbons (Fsp3) is 0.316. The lowest BCUT2D eigenvalue weighted by Crippen LogP contribution is -2.44. The Bertz CT molecular complexity index is 2400. The van der Waals surface area contributed by atoms with E-state index in [0.717, 1.165) is 30.7 Å². The van der Waals surface area contributed by atoms with E-state index in [2.05, 4.69) is 34.3 Å². The zero-order valence-electron chi connectivity index (χ0n) is 30.3. The van der Waals surface area contributed by atoms with E-state index in [0.29, 0.717) is 33.2 Å². The first-order chi connectivity index (χ1) is 25.4. The molecule has 2 unspecified atom stereocenters. The van der Waals surface area contributed by atoms with Crippen LogP contribution in [0.2, 0.25) is 0 Å². The van der Waals surface area contributed by atoms with Gasteiger partial charge in [0.2, 0.25) is 10.3 Å². The molecule has 54 heavy (non-hydrogen) atoms. The summed E-state index contributed by atoms with van der Waals surface area (Å²) < 4.78 is 13.1. The van der Waals surface area contributed by atoms with Gasteiger partial charge in [-0.15, -0.1) is 0 Å². The van der Waals surface area contributed by atoms with Crippen LogP contribution < -0.4 is 0 Å². The molecule has 270 valence electrons. The average Bonchev–Trinajstić information content (AvgIpc) is 3.76. The number of nitrogens with zero attached hydrogens (tertiary/aromatic N) is 8. The molecule has 0 aromatic carbocycles. The summed E-state index contributed by atoms with van der Waals surface area (Å²) in [6.07, 6.45) is 8.37. The van der Waals surface area contributed by atoms with E-state index in [1.165, 1.54) is 50.6 Å². The number of thiazole rings is 2. The van der Waals surface area contributed by atoms with E-state index < -0.39 is 34.8 Å². The van der Waals surface area contributed by atoms with Crippen molar-refractivity contribution >= 4 is 79.1 Å². The van der Waals surface area contributed by atoms with Gasteiger partial charge in [0.05, 0.1) is 9.75 Å². The van der Waals surface area contributed by atoms with Crippen molar-refractivity contribution in [1.82, 2.24) is 19.8 Å². The molecular formula is C38H30N8O6S2. The Kier molecular flexibility index (Phi) is 7.57. The van der Waals surface area contributed by atoms with Crippen LogP contribution in [0.4, 0.5) is 10.3 Å². The van der Waals surface area contributed by atoms with E-state index in [-0.39, 0.29) is 45.6 Å². The van der Waals surface area contributed by atoms with E-state index in [1.54, 1.807) is 0 Å². The second-order valence-electron chi connectivity index (χ2n) is 14.4. The number of nitriles is 2. The number of fused-ring (bicyclic) bond motifs is 7. The van der Waals surface area contributed by atoms with Crippen LogP contribution in [0, 0.1) is 34.5 Å². The average molecular weight is 759 g/mol. The van der Waals surface area contributed by atoms with Gasteiger partial charge in [0.15, 0.2) is 0 Å². The molecule has 0 N–H and O–H groups in total. The van der Waals surface area contributed by atoms with Crippen LogP contribution in [0.25, 0.3) is 11.1 Å². The van der Waals surface area contributed by atoms with Gasteiger partial charge in [-0.25, -0.2) is 20.0 Å². The van der Waals surface area contributed by atoms with Gasteiger partial charge in [0.25, 0.3) is 23.6 Å². The van der Waals surface area contributed by atoms with Crippen LogP contribution >= 0.6 is 22.7 Å². The highest BCUT2D eigenvalue weighted by molar-refractivity contribution is 7.17. The largest absolute Gasteiger partial charge is 0.481 e. The Morgan fingerprint density at radius 1 is 0.667 bits per heavy atom. The summed E-state index contributed by atoms with van der Waals surface area (Å²) in [5, 5.41) is 19.8. The van der Waals surface area contributed by atoms with E-state index in [9.17, 15) is 29.7 Å². The number of ether oxygens (including phenoxy) is 2. The van der Waals surface area contributed by atoms with Crippen molar-refractivity contribution in [3.63, 3.8) is 0 Å². The molecular weight excluding hydrogens is 729 g/mol. The summed E-state index contributed by atoms with van der Waals surface area (Å²) in [4.78, 5) is 73.2. The molecule has 0 saturated heterocycles. The molecule has 0 bridgehead atoms. The molecule has 0 fully saturated rings. The summed E-state index contributed by atoms with van der Waals surface area (Å²) in [5.74, 6) is -1.44. The zero-order valence-corrected chi connectivity index (χ0v) is 31.9. The minimum absolute atomic E-state index is 0.0121. The summed E-state index contributed by atoms with van der Waals surface area (Å²) in [5.41, 5.74) is 1.39. The van der Waals surface area contributed by atoms with Crippen LogP contribution in [0.15, 0.2) is 68.1 Å². The maximum absolute atomic E-state index is 13.1. The number of aliphatic imine (C=N–C) groups is 2. The maximum atomic E-state index is 13.1. The number of carbonyl (C=O) groups excluding carboxylic acids is 4. The standard InChI is InChI=1S/C38H30N8O6S2/c1-15-21(13-39)31(47)45(7)33(49)25(15)41-35-43-29-27(53-35)19-9-17-12-24-20(10-18(17)11-23(19)51-37(29,3)4)28-30(38(5,6)52-24)44-36(54-28)42-26-16(2)22(14-40)32(48)46(8)34(26)50/h9-12,17-18H,1-8H3. The molecule has 4 aliphatic heterocycles. The van der Waals surface area contributed by atoms with Gasteiger partial charge in [0, 0.05) is 48.2 Å². The molecule has 6 aliphatic rings. The number of aromatic nitrogens is 2. The minimum atomic E-state index is -0.848. The van der Waals surface area contributed by atoms with Crippen molar-refractivity contribution in [3.8, 4) is 12.1 Å². The van der Waals surface area contributed by atoms with E-state index in [1.807, 2.05) is 39.8 Å². The molecule has 2 aromatic heterocycles. The van der Waals surface area contributed by atoms with Crippen LogP contribution in [-0.2, 0) is 39.9 Å². The molecule has 2 aliphatic carbocycles. The predicted octanol–water partition coefficient (Wildman–Crippen LogP) is 5.45. The lowest BCUT2D eigenvalue weighted by molar-refractivity contribution is -0.138. The number of amides is 4. The van der Waals surface area contributed by atoms with Gasteiger partial charge in [0.1, 0.15) is 68.8 Å². The fourth-order valence-corrected chi connectivity index (χ4v) is 9.39. The quantitative estimate of drug-likeness (QED) is 0.356. The number of imide groups is 2. The predicted molar refractivity (Wildman–Crippen MR) is 198 cm³/mol. The number of allylic oxidation sites excluding steroid dienone is 6. The first kappa shape index (κ1) is 35.0. The Hall–Kier alpha value is -6.10. The van der Waals surface area contributed by atoms with Gasteiger partial charge in [-0.2, -0.15) is 10.5 Å². The summed E-state index contributed by atoms with van der Waals surface area (Å²) in [7, 11) is 2.64. The highest BCUT2D eigenvalue weighted by Crippen LogP contribution is 2.54. The Morgan fingerprint density at radius 3 is 1.39 bits per heavy atom. The molecule has 2 aromatic rings. The minimum Gasteiger partial charge on any atom is -0.481 e. The summed E-state index contributed by atoms with van der Waals surface area (Å²) in [6.45, 7) is 10.7. The molecule has 16 heteroatoms. The molecule has 0 saturated carbocycles. The van der Waals surface area contributed by atoms with Gasteiger partial charge >= 0.3 is 0 Å². The molecule has 0 spiro atoms. The van der Waals surface area contributed by atoms with Crippen molar-refractivity contribution in [1.29, 1.82) is 10.5 Å². The third-order valence-electron chi connectivity index (χ3n) is 10.1. The molecule has 6 heterocycles. The molecule has 4 amide bonds. The van der Waals surface area contributed by atoms with Crippen LogP contribution in [0.1, 0.15) is 62.7 Å². The van der Waals surface area contributed by atoms with Gasteiger partial charge in [-0.1, -0.05) is 34.8 Å². The normalized spacial score (nSPS) is 25.3. The lowest BCUT2D eigenvalue weighted by atomic mass is 9.77. The smallest absolute Gasteiger partial charge is 0.279 e. The number of hydrogen-bond donors (Lipinski definition) is 0. The van der Waals surface area contributed by atoms with Crippen molar-refractivity contribution in [2.45, 2.75) is 52.7 Å². The van der Waals surface area contributed by atoms with Crippen LogP contribution in [0.5, 0.6) is 0 Å². The number of hydrogen-bond acceptors (Lipinski definition) is 14. The van der Waals surface area contributed by atoms with Crippen molar-refractivity contribution < 1.29 is 28.7 Å². The number of likely N-dealkylation sites (N-methyl/N-ethyl adjacent to an activating group) is 2. The lowest BCUT2D eigenvalue weighted by Gasteiger charge is -2.39. The maximum Gasteiger partial charge on any atom is 0.279 e. The second-order valence-corrected chi connectivity index (χ2v) is 16.4. The number of carbonyl (C=O) groups is 4. The summed E-state index contributed by atoms with van der Waals surface area (Å²) >= 11 is 2.60. The SMILES string of the molecule is CC1=C(C#N)C(=O)N(C)C(=O)C1=Nc1nc2c(s1)C1=CC3C=C4OC(C)(C)c5nc(N=C6C(=O)N(C)C(=O)C(C#N)=C6C)sc5C4=CC3C=C1OC2(C)C. The Morgan fingerprint density at radius 2 is 1.04 bits per heavy atom.